The van der Waals surface area contributed by atoms with Crippen molar-refractivity contribution in [2.75, 3.05) is 26.4 Å². The lowest BCUT2D eigenvalue weighted by Crippen LogP contribution is -2.31. The molecule has 0 aromatic heterocycles. The summed E-state index contributed by atoms with van der Waals surface area (Å²) in [6.07, 6.45) is 2.13. The van der Waals surface area contributed by atoms with Crippen molar-refractivity contribution in [2.24, 2.45) is 0 Å². The number of carbonyl (C=O) groups excluding carboxylic acids is 1. The summed E-state index contributed by atoms with van der Waals surface area (Å²) in [4.78, 5) is 12.2. The molecule has 1 saturated heterocycles. The number of hydrogen-bond acceptors (Lipinski definition) is 6. The molecule has 1 aliphatic rings. The predicted octanol–water partition coefficient (Wildman–Crippen LogP) is 2.91. The van der Waals surface area contributed by atoms with E-state index >= 15 is 0 Å². The van der Waals surface area contributed by atoms with Crippen LogP contribution < -0.4 is 9.46 Å². The molecule has 162 valence electrons. The molecule has 0 amide bonds. The van der Waals surface area contributed by atoms with Gasteiger partial charge >= 0.3 is 5.97 Å². The fourth-order valence-electron chi connectivity index (χ4n) is 2.89. The maximum atomic E-state index is 12.8. The number of halogens is 1. The molecular formula is C21H24FNO6S. The summed E-state index contributed by atoms with van der Waals surface area (Å²) in [7, 11) is -3.67. The fourth-order valence-corrected chi connectivity index (χ4v) is 3.96. The summed E-state index contributed by atoms with van der Waals surface area (Å²) < 4.78 is 56.0. The van der Waals surface area contributed by atoms with Gasteiger partial charge in [-0.25, -0.2) is 22.3 Å². The Morgan fingerprint density at radius 1 is 1.10 bits per heavy atom. The van der Waals surface area contributed by atoms with E-state index in [1.54, 1.807) is 0 Å². The van der Waals surface area contributed by atoms with Gasteiger partial charge in [-0.05, 0) is 61.4 Å². The van der Waals surface area contributed by atoms with Gasteiger partial charge in [0.15, 0.2) is 0 Å². The van der Waals surface area contributed by atoms with Gasteiger partial charge in [0, 0.05) is 19.6 Å². The molecule has 1 heterocycles. The second-order valence-electron chi connectivity index (χ2n) is 6.80. The van der Waals surface area contributed by atoms with Crippen LogP contribution in [0.5, 0.6) is 5.75 Å². The van der Waals surface area contributed by atoms with E-state index < -0.39 is 16.0 Å². The summed E-state index contributed by atoms with van der Waals surface area (Å²) in [5.41, 5.74) is 0.257. The van der Waals surface area contributed by atoms with Crippen LogP contribution in [0.15, 0.2) is 53.4 Å². The Balaban J connectivity index is 1.41. The molecule has 30 heavy (non-hydrogen) atoms. The highest BCUT2D eigenvalue weighted by molar-refractivity contribution is 7.89. The molecule has 0 saturated carbocycles. The minimum Gasteiger partial charge on any atom is -0.493 e. The standard InChI is InChI=1S/C21H24FNO6S/c22-17-6-8-18(9-7-17)27-13-2-14-29-21(24)16-4-10-20(11-5-16)30(25,26)23-15-19-3-1-12-28-19/h4-11,19,23H,1-3,12-15H2. The zero-order chi connectivity index (χ0) is 21.4. The van der Waals surface area contributed by atoms with Gasteiger partial charge in [-0.3, -0.25) is 0 Å². The summed E-state index contributed by atoms with van der Waals surface area (Å²) in [6, 6.07) is 11.2. The third-order valence-corrected chi connectivity index (χ3v) is 5.97. The number of sulfonamides is 1. The Kier molecular flexibility index (Phi) is 7.78. The van der Waals surface area contributed by atoms with Gasteiger partial charge in [-0.1, -0.05) is 0 Å². The number of hydrogen-bond donors (Lipinski definition) is 1. The van der Waals surface area contributed by atoms with Gasteiger partial charge in [-0.2, -0.15) is 0 Å². The largest absolute Gasteiger partial charge is 0.493 e. The average molecular weight is 437 g/mol. The fraction of sp³-hybridized carbons (Fsp3) is 0.381. The lowest BCUT2D eigenvalue weighted by Gasteiger charge is -2.11. The Bertz CT molecular complexity index is 925. The van der Waals surface area contributed by atoms with E-state index in [0.29, 0.717) is 25.4 Å². The molecule has 9 heteroatoms. The average Bonchev–Trinajstić information content (AvgIpc) is 3.27. The number of ether oxygens (including phenoxy) is 3. The Labute approximate surface area is 175 Å². The number of rotatable bonds is 10. The van der Waals surface area contributed by atoms with Crippen molar-refractivity contribution in [3.8, 4) is 5.75 Å². The van der Waals surface area contributed by atoms with Crippen LogP contribution >= 0.6 is 0 Å². The molecule has 3 rings (SSSR count). The van der Waals surface area contributed by atoms with Gasteiger partial charge in [0.2, 0.25) is 10.0 Å². The maximum Gasteiger partial charge on any atom is 0.338 e. The first-order chi connectivity index (χ1) is 14.4. The zero-order valence-corrected chi connectivity index (χ0v) is 17.2. The van der Waals surface area contributed by atoms with E-state index in [-0.39, 0.29) is 35.5 Å². The molecule has 1 atom stereocenters. The monoisotopic (exact) mass is 437 g/mol. The molecule has 2 aromatic rings. The van der Waals surface area contributed by atoms with Crippen LogP contribution in [0.3, 0.4) is 0 Å². The smallest absolute Gasteiger partial charge is 0.338 e. The predicted molar refractivity (Wildman–Crippen MR) is 107 cm³/mol. The van der Waals surface area contributed by atoms with E-state index in [1.165, 1.54) is 48.5 Å². The Hall–Kier alpha value is -2.49. The van der Waals surface area contributed by atoms with Crippen molar-refractivity contribution in [3.63, 3.8) is 0 Å². The molecule has 0 aliphatic carbocycles. The molecule has 1 N–H and O–H groups in total. The van der Waals surface area contributed by atoms with Crippen LogP contribution in [0, 0.1) is 5.82 Å². The van der Waals surface area contributed by atoms with Crippen LogP contribution in [0.25, 0.3) is 0 Å². The summed E-state index contributed by atoms with van der Waals surface area (Å²) >= 11 is 0. The molecule has 1 unspecified atom stereocenters. The Morgan fingerprint density at radius 3 is 2.50 bits per heavy atom. The van der Waals surface area contributed by atoms with Crippen molar-refractivity contribution >= 4 is 16.0 Å². The summed E-state index contributed by atoms with van der Waals surface area (Å²) in [5.74, 6) is -0.352. The van der Waals surface area contributed by atoms with Gasteiger partial charge in [0.1, 0.15) is 11.6 Å². The molecule has 1 aliphatic heterocycles. The molecule has 2 aromatic carbocycles. The van der Waals surface area contributed by atoms with E-state index in [4.69, 9.17) is 14.2 Å². The molecular weight excluding hydrogens is 413 g/mol. The lowest BCUT2D eigenvalue weighted by molar-refractivity contribution is 0.0486. The zero-order valence-electron chi connectivity index (χ0n) is 16.4. The van der Waals surface area contributed by atoms with Crippen LogP contribution in [0.1, 0.15) is 29.6 Å². The third-order valence-electron chi connectivity index (χ3n) is 4.53. The highest BCUT2D eigenvalue weighted by Gasteiger charge is 2.20. The van der Waals surface area contributed by atoms with Crippen molar-refractivity contribution in [2.45, 2.75) is 30.3 Å². The van der Waals surface area contributed by atoms with Crippen molar-refractivity contribution in [1.82, 2.24) is 4.72 Å². The molecule has 7 nitrogen and oxygen atoms in total. The highest BCUT2D eigenvalue weighted by Crippen LogP contribution is 2.15. The van der Waals surface area contributed by atoms with E-state index in [1.807, 2.05) is 0 Å². The summed E-state index contributed by atoms with van der Waals surface area (Å²) in [5, 5.41) is 0. The first-order valence-electron chi connectivity index (χ1n) is 9.71. The van der Waals surface area contributed by atoms with Crippen molar-refractivity contribution in [3.05, 3.63) is 59.9 Å². The Morgan fingerprint density at radius 2 is 1.83 bits per heavy atom. The highest BCUT2D eigenvalue weighted by atomic mass is 32.2. The summed E-state index contributed by atoms with van der Waals surface area (Å²) in [6.45, 7) is 1.34. The van der Waals surface area contributed by atoms with Gasteiger partial charge in [-0.15, -0.1) is 0 Å². The normalized spacial score (nSPS) is 16.4. The number of benzene rings is 2. The molecule has 1 fully saturated rings. The number of esters is 1. The third kappa shape index (κ3) is 6.51. The molecule has 0 radical (unpaired) electrons. The van der Waals surface area contributed by atoms with E-state index in [9.17, 15) is 17.6 Å². The first kappa shape index (κ1) is 22.2. The number of nitrogens with one attached hydrogen (secondary N) is 1. The number of carbonyl (C=O) groups is 1. The van der Waals surface area contributed by atoms with Gasteiger partial charge in [0.25, 0.3) is 0 Å². The van der Waals surface area contributed by atoms with Gasteiger partial charge in [0.05, 0.1) is 29.8 Å². The SMILES string of the molecule is O=C(OCCCOc1ccc(F)cc1)c1ccc(S(=O)(=O)NCC2CCCO2)cc1. The van der Waals surface area contributed by atoms with Crippen LogP contribution in [0.2, 0.25) is 0 Å². The van der Waals surface area contributed by atoms with Crippen molar-refractivity contribution in [1.29, 1.82) is 0 Å². The van der Waals surface area contributed by atoms with Gasteiger partial charge < -0.3 is 14.2 Å². The van der Waals surface area contributed by atoms with Crippen LogP contribution in [-0.4, -0.2) is 46.9 Å². The van der Waals surface area contributed by atoms with E-state index in [2.05, 4.69) is 4.72 Å². The lowest BCUT2D eigenvalue weighted by atomic mass is 10.2. The van der Waals surface area contributed by atoms with Crippen LogP contribution in [-0.2, 0) is 19.5 Å². The van der Waals surface area contributed by atoms with Crippen molar-refractivity contribution < 1.29 is 31.8 Å². The maximum absolute atomic E-state index is 12.8. The minimum atomic E-state index is -3.67. The quantitative estimate of drug-likeness (QED) is 0.454. The van der Waals surface area contributed by atoms with E-state index in [0.717, 1.165) is 12.8 Å². The van der Waals surface area contributed by atoms with Crippen LogP contribution in [0.4, 0.5) is 4.39 Å². The second-order valence-corrected chi connectivity index (χ2v) is 8.57. The first-order valence-corrected chi connectivity index (χ1v) is 11.2. The second kappa shape index (κ2) is 10.5. The topological polar surface area (TPSA) is 90.9 Å². The molecule has 0 bridgehead atoms. The minimum absolute atomic E-state index is 0.0738. The molecule has 0 spiro atoms.